The lowest BCUT2D eigenvalue weighted by atomic mass is 9.85. The smallest absolute Gasteiger partial charge is 0.250 e. The molecule has 1 fully saturated rings. The third-order valence-electron chi connectivity index (χ3n) is 8.37. The highest BCUT2D eigenvalue weighted by Gasteiger charge is 2.39. The van der Waals surface area contributed by atoms with E-state index in [9.17, 15) is 22.4 Å². The van der Waals surface area contributed by atoms with Crippen molar-refractivity contribution in [3.63, 3.8) is 0 Å². The van der Waals surface area contributed by atoms with Gasteiger partial charge in [0.05, 0.1) is 16.8 Å². The third kappa shape index (κ3) is 6.03. The number of nitrogens with zero attached hydrogens (tertiary/aromatic N) is 2. The minimum atomic E-state index is -3.73. The van der Waals surface area contributed by atoms with Crippen molar-refractivity contribution in [2.45, 2.75) is 52.0 Å². The second-order valence-corrected chi connectivity index (χ2v) is 14.6. The van der Waals surface area contributed by atoms with E-state index in [4.69, 9.17) is 5.73 Å². The number of halogens is 1. The lowest BCUT2D eigenvalue weighted by Crippen LogP contribution is -2.38. The number of anilines is 1. The Labute approximate surface area is 246 Å². The highest BCUT2D eigenvalue weighted by atomic mass is 32.2. The van der Waals surface area contributed by atoms with E-state index in [1.165, 1.54) is 16.1 Å². The first kappa shape index (κ1) is 30.0. The van der Waals surface area contributed by atoms with E-state index in [1.807, 2.05) is 38.9 Å². The van der Waals surface area contributed by atoms with Gasteiger partial charge in [-0.05, 0) is 87.5 Å². The van der Waals surface area contributed by atoms with E-state index in [0.29, 0.717) is 46.4 Å². The van der Waals surface area contributed by atoms with Gasteiger partial charge in [0.15, 0.2) is 0 Å². The van der Waals surface area contributed by atoms with Crippen LogP contribution in [-0.4, -0.2) is 68.1 Å². The zero-order valence-electron chi connectivity index (χ0n) is 24.7. The molecule has 42 heavy (non-hydrogen) atoms. The molecule has 0 radical (unpaired) electrons. The predicted molar refractivity (Wildman–Crippen MR) is 163 cm³/mol. The summed E-state index contributed by atoms with van der Waals surface area (Å²) in [7, 11) is 0.202. The average Bonchev–Trinajstić information content (AvgIpc) is 3.20. The summed E-state index contributed by atoms with van der Waals surface area (Å²) in [5, 5.41) is 7.15. The van der Waals surface area contributed by atoms with E-state index in [2.05, 4.69) is 10.6 Å². The van der Waals surface area contributed by atoms with Gasteiger partial charge in [0.25, 0.3) is 5.91 Å². The monoisotopic (exact) mass is 597 g/mol. The summed E-state index contributed by atoms with van der Waals surface area (Å²) in [6, 6.07) is 9.53. The van der Waals surface area contributed by atoms with Crippen LogP contribution in [0, 0.1) is 17.2 Å². The van der Waals surface area contributed by atoms with Crippen LogP contribution in [0.5, 0.6) is 0 Å². The molecule has 0 saturated heterocycles. The van der Waals surface area contributed by atoms with Gasteiger partial charge in [-0.2, -0.15) is 0 Å². The number of nitrogens with two attached hydrogens (primary N) is 1. The highest BCUT2D eigenvalue weighted by molar-refractivity contribution is 7.90. The largest absolute Gasteiger partial charge is 0.382 e. The first-order valence-electron chi connectivity index (χ1n) is 14.4. The lowest BCUT2D eigenvalue weighted by molar-refractivity contribution is -0.126. The molecule has 5 rings (SSSR count). The predicted octanol–water partition coefficient (Wildman–Crippen LogP) is 3.96. The van der Waals surface area contributed by atoms with Crippen LogP contribution in [0.1, 0.15) is 55.6 Å². The Bertz CT molecular complexity index is 1640. The minimum Gasteiger partial charge on any atom is -0.382 e. The highest BCUT2D eigenvalue weighted by Crippen LogP contribution is 2.44. The number of aromatic nitrogens is 1. The van der Waals surface area contributed by atoms with Crippen molar-refractivity contribution in [1.82, 2.24) is 14.2 Å². The van der Waals surface area contributed by atoms with Gasteiger partial charge in [-0.1, -0.05) is 19.9 Å². The van der Waals surface area contributed by atoms with Crippen LogP contribution < -0.4 is 16.4 Å². The van der Waals surface area contributed by atoms with Crippen LogP contribution in [0.15, 0.2) is 36.4 Å². The van der Waals surface area contributed by atoms with Crippen molar-refractivity contribution < 1.29 is 22.4 Å². The Kier molecular flexibility index (Phi) is 8.10. The molecule has 1 aliphatic heterocycles. The molecule has 3 aromatic rings. The molecule has 4 N–H and O–H groups in total. The lowest BCUT2D eigenvalue weighted by Gasteiger charge is -2.31. The van der Waals surface area contributed by atoms with Crippen LogP contribution in [0.3, 0.4) is 0 Å². The zero-order chi connectivity index (χ0) is 30.4. The number of primary amides is 1. The third-order valence-corrected chi connectivity index (χ3v) is 10.5. The first-order chi connectivity index (χ1) is 19.8. The maximum atomic E-state index is 14.4. The molecule has 2 heterocycles. The van der Waals surface area contributed by atoms with Crippen LogP contribution >= 0.6 is 0 Å². The molecule has 0 atom stereocenters. The van der Waals surface area contributed by atoms with Gasteiger partial charge in [-0.25, -0.2) is 16.8 Å². The number of benzene rings is 2. The van der Waals surface area contributed by atoms with Crippen molar-refractivity contribution in [1.29, 1.82) is 0 Å². The van der Waals surface area contributed by atoms with Gasteiger partial charge in [-0.15, -0.1) is 0 Å². The summed E-state index contributed by atoms with van der Waals surface area (Å²) >= 11 is 0. The van der Waals surface area contributed by atoms with Gasteiger partial charge in [-0.3, -0.25) is 9.59 Å². The number of carbonyl (C=O) groups is 2. The number of hydrogen-bond donors (Lipinski definition) is 3. The number of amides is 2. The Balaban J connectivity index is 1.47. The summed E-state index contributed by atoms with van der Waals surface area (Å²) < 4.78 is 42.5. The number of hydrogen-bond acceptors (Lipinski definition) is 6. The molecule has 1 aliphatic carbocycles. The molecule has 2 amide bonds. The molecular weight excluding hydrogens is 557 g/mol. The summed E-state index contributed by atoms with van der Waals surface area (Å²) in [6.07, 6.45) is 3.45. The summed E-state index contributed by atoms with van der Waals surface area (Å²) in [5.41, 5.74) is 8.47. The second kappa shape index (κ2) is 11.3. The molecule has 2 aliphatic rings. The van der Waals surface area contributed by atoms with Gasteiger partial charge < -0.3 is 21.3 Å². The van der Waals surface area contributed by atoms with E-state index in [1.54, 1.807) is 18.2 Å². The van der Waals surface area contributed by atoms with E-state index in [0.717, 1.165) is 37.8 Å². The fourth-order valence-corrected chi connectivity index (χ4v) is 8.61. The minimum absolute atomic E-state index is 0.0391. The quantitative estimate of drug-likeness (QED) is 0.361. The van der Waals surface area contributed by atoms with Crippen LogP contribution in [-0.2, 0) is 21.2 Å². The van der Waals surface area contributed by atoms with Crippen LogP contribution in [0.4, 0.5) is 10.1 Å². The van der Waals surface area contributed by atoms with Crippen molar-refractivity contribution in [2.24, 2.45) is 17.1 Å². The van der Waals surface area contributed by atoms with Gasteiger partial charge in [0.2, 0.25) is 15.9 Å². The van der Waals surface area contributed by atoms with E-state index in [-0.39, 0.29) is 23.6 Å². The molecule has 0 spiro atoms. The van der Waals surface area contributed by atoms with Crippen molar-refractivity contribution in [3.8, 4) is 11.1 Å². The zero-order valence-corrected chi connectivity index (χ0v) is 25.5. The van der Waals surface area contributed by atoms with Crippen molar-refractivity contribution in [3.05, 3.63) is 53.5 Å². The van der Waals surface area contributed by atoms with Gasteiger partial charge in [0, 0.05) is 47.4 Å². The van der Waals surface area contributed by atoms with Crippen molar-refractivity contribution >= 4 is 38.4 Å². The van der Waals surface area contributed by atoms with Crippen LogP contribution in [0.25, 0.3) is 22.0 Å². The SMILES string of the molecule is CN(C)CCNC(=O)C1CCC(Nc2cc(-c3c4n(c5cc(F)ccc35)S(=O)(=O)CC(C)(C)C4)ccc2C(N)=O)CC1. The fourth-order valence-electron chi connectivity index (χ4n) is 6.45. The number of likely N-dealkylation sites (N-methyl/N-ethyl adjacent to an activating group) is 1. The molecule has 0 bridgehead atoms. The average molecular weight is 598 g/mol. The summed E-state index contributed by atoms with van der Waals surface area (Å²) in [6.45, 7) is 5.23. The molecule has 9 nitrogen and oxygen atoms in total. The van der Waals surface area contributed by atoms with E-state index < -0.39 is 27.2 Å². The normalized spacial score (nSPS) is 21.2. The summed E-state index contributed by atoms with van der Waals surface area (Å²) in [4.78, 5) is 27.1. The van der Waals surface area contributed by atoms with Gasteiger partial charge >= 0.3 is 0 Å². The maximum absolute atomic E-state index is 14.4. The molecule has 226 valence electrons. The number of rotatable bonds is 8. The van der Waals surface area contributed by atoms with Crippen LogP contribution in [0.2, 0.25) is 0 Å². The fraction of sp³-hybridized carbons (Fsp3) is 0.484. The first-order valence-corrected chi connectivity index (χ1v) is 16.1. The van der Waals surface area contributed by atoms with E-state index >= 15 is 0 Å². The Hall–Kier alpha value is -3.44. The molecule has 11 heteroatoms. The van der Waals surface area contributed by atoms with Crippen molar-refractivity contribution in [2.75, 3.05) is 38.3 Å². The second-order valence-electron chi connectivity index (χ2n) is 12.8. The molecule has 2 aromatic carbocycles. The number of carbonyl (C=O) groups excluding carboxylic acids is 2. The standard InChI is InChI=1S/C31H40FN5O4S/c1-31(2)17-27-28(24-12-8-21(32)16-26(24)37(27)42(40,41)18-31)20-7-11-23(29(33)38)25(15-20)35-22-9-5-19(6-10-22)30(39)34-13-14-36(3)4/h7-8,11-12,15-16,19,22,35H,5-6,9-10,13-14,17-18H2,1-4H3,(H2,33,38)(H,34,39). The topological polar surface area (TPSA) is 127 Å². The number of fused-ring (bicyclic) bond motifs is 3. The van der Waals surface area contributed by atoms with Gasteiger partial charge in [0.1, 0.15) is 5.82 Å². The molecular formula is C31H40FN5O4S. The summed E-state index contributed by atoms with van der Waals surface area (Å²) in [5.74, 6) is -1.10. The number of nitrogens with one attached hydrogen (secondary N) is 2. The maximum Gasteiger partial charge on any atom is 0.250 e. The molecule has 0 unspecified atom stereocenters. The Morgan fingerprint density at radius 2 is 1.81 bits per heavy atom. The Morgan fingerprint density at radius 3 is 2.48 bits per heavy atom. The molecule has 1 aromatic heterocycles. The molecule has 1 saturated carbocycles. The Morgan fingerprint density at radius 1 is 1.10 bits per heavy atom.